The molecule has 18 heavy (non-hydrogen) atoms. The predicted octanol–water partition coefficient (Wildman–Crippen LogP) is 2.26. The minimum atomic E-state index is 0.501. The van der Waals surface area contributed by atoms with Crippen molar-refractivity contribution in [3.8, 4) is 0 Å². The number of rotatable bonds is 4. The van der Waals surface area contributed by atoms with Crippen molar-refractivity contribution in [3.05, 3.63) is 0 Å². The van der Waals surface area contributed by atoms with Crippen LogP contribution in [0.25, 0.3) is 0 Å². The van der Waals surface area contributed by atoms with Crippen LogP contribution in [0.15, 0.2) is 0 Å². The Morgan fingerprint density at radius 2 is 2.22 bits per heavy atom. The van der Waals surface area contributed by atoms with Crippen LogP contribution in [-0.2, 0) is 4.74 Å². The Kier molecular flexibility index (Phi) is 5.46. The lowest BCUT2D eigenvalue weighted by molar-refractivity contribution is 0.0164. The summed E-state index contributed by atoms with van der Waals surface area (Å²) in [5.41, 5.74) is 0. The number of ether oxygens (including phenoxy) is 1. The molecule has 0 spiro atoms. The summed E-state index contributed by atoms with van der Waals surface area (Å²) in [6.07, 6.45) is 6.98. The molecule has 0 aromatic carbocycles. The van der Waals surface area contributed by atoms with Crippen molar-refractivity contribution in [2.24, 2.45) is 5.92 Å². The molecule has 0 amide bonds. The first-order valence-electron chi connectivity index (χ1n) is 7.74. The maximum atomic E-state index is 5.57. The van der Waals surface area contributed by atoms with Gasteiger partial charge in [0.15, 0.2) is 0 Å². The third-order valence-electron chi connectivity index (χ3n) is 5.02. The molecule has 1 heterocycles. The second-order valence-corrected chi connectivity index (χ2v) is 6.12. The molecule has 0 aromatic rings. The van der Waals surface area contributed by atoms with Gasteiger partial charge in [0.1, 0.15) is 0 Å². The van der Waals surface area contributed by atoms with E-state index in [1.165, 1.54) is 45.2 Å². The van der Waals surface area contributed by atoms with Gasteiger partial charge >= 0.3 is 0 Å². The van der Waals surface area contributed by atoms with Crippen LogP contribution in [0.4, 0.5) is 0 Å². The third kappa shape index (κ3) is 3.46. The molecule has 2 aliphatic rings. The van der Waals surface area contributed by atoms with Gasteiger partial charge in [-0.15, -0.1) is 0 Å². The van der Waals surface area contributed by atoms with Crippen LogP contribution in [-0.4, -0.2) is 49.8 Å². The molecular formula is C15H30N2O. The summed E-state index contributed by atoms with van der Waals surface area (Å²) in [6.45, 7) is 8.28. The molecule has 2 fully saturated rings. The van der Waals surface area contributed by atoms with Crippen LogP contribution in [0, 0.1) is 5.92 Å². The fraction of sp³-hybridized carbons (Fsp3) is 1.00. The van der Waals surface area contributed by atoms with E-state index in [-0.39, 0.29) is 0 Å². The molecule has 2 rings (SSSR count). The number of piperazine rings is 1. The second kappa shape index (κ2) is 6.88. The molecule has 1 N–H and O–H groups in total. The third-order valence-corrected chi connectivity index (χ3v) is 5.02. The van der Waals surface area contributed by atoms with Gasteiger partial charge in [-0.05, 0) is 31.6 Å². The van der Waals surface area contributed by atoms with Crippen molar-refractivity contribution < 1.29 is 4.74 Å². The molecule has 3 nitrogen and oxygen atoms in total. The normalized spacial score (nSPS) is 36.5. The monoisotopic (exact) mass is 254 g/mol. The first-order valence-corrected chi connectivity index (χ1v) is 7.74. The van der Waals surface area contributed by atoms with Crippen molar-refractivity contribution in [1.29, 1.82) is 0 Å². The minimum absolute atomic E-state index is 0.501. The summed E-state index contributed by atoms with van der Waals surface area (Å²) in [6, 6.07) is 1.45. The highest BCUT2D eigenvalue weighted by Crippen LogP contribution is 2.26. The molecule has 0 radical (unpaired) electrons. The summed E-state index contributed by atoms with van der Waals surface area (Å²) in [4.78, 5) is 2.72. The minimum Gasteiger partial charge on any atom is -0.381 e. The number of methoxy groups -OCH3 is 1. The van der Waals surface area contributed by atoms with E-state index in [0.29, 0.717) is 12.1 Å². The van der Waals surface area contributed by atoms with Crippen molar-refractivity contribution in [2.75, 3.05) is 26.7 Å². The van der Waals surface area contributed by atoms with Crippen LogP contribution in [0.5, 0.6) is 0 Å². The maximum Gasteiger partial charge on any atom is 0.0586 e. The average Bonchev–Trinajstić information content (AvgIpc) is 2.46. The van der Waals surface area contributed by atoms with Gasteiger partial charge in [0.2, 0.25) is 0 Å². The van der Waals surface area contributed by atoms with Gasteiger partial charge in [-0.3, -0.25) is 4.90 Å². The van der Waals surface area contributed by atoms with Crippen molar-refractivity contribution in [1.82, 2.24) is 10.2 Å². The van der Waals surface area contributed by atoms with Crippen LogP contribution in [0.2, 0.25) is 0 Å². The zero-order chi connectivity index (χ0) is 13.0. The molecule has 3 heteroatoms. The number of nitrogens with one attached hydrogen (secondary N) is 1. The van der Waals surface area contributed by atoms with E-state index in [9.17, 15) is 0 Å². The summed E-state index contributed by atoms with van der Waals surface area (Å²) in [5.74, 6) is 0.787. The first kappa shape index (κ1) is 14.3. The highest BCUT2D eigenvalue weighted by atomic mass is 16.5. The van der Waals surface area contributed by atoms with Crippen LogP contribution in [0.3, 0.4) is 0 Å². The predicted molar refractivity (Wildman–Crippen MR) is 75.9 cm³/mol. The van der Waals surface area contributed by atoms with E-state index >= 15 is 0 Å². The molecule has 0 bridgehead atoms. The lowest BCUT2D eigenvalue weighted by Crippen LogP contribution is -2.57. The molecule has 4 atom stereocenters. The Morgan fingerprint density at radius 1 is 1.39 bits per heavy atom. The van der Waals surface area contributed by atoms with E-state index in [2.05, 4.69) is 24.1 Å². The Hall–Kier alpha value is -0.120. The topological polar surface area (TPSA) is 24.5 Å². The average molecular weight is 254 g/mol. The van der Waals surface area contributed by atoms with E-state index in [0.717, 1.165) is 18.5 Å². The number of hydrogen-bond acceptors (Lipinski definition) is 3. The van der Waals surface area contributed by atoms with Crippen LogP contribution < -0.4 is 5.32 Å². The van der Waals surface area contributed by atoms with E-state index in [1.807, 2.05) is 7.11 Å². The quantitative estimate of drug-likeness (QED) is 0.833. The SMILES string of the molecule is CCC(C)C1CN(C2CCCC(OC)C2)CCN1. The summed E-state index contributed by atoms with van der Waals surface area (Å²) in [5, 5.41) is 3.69. The first-order chi connectivity index (χ1) is 8.74. The summed E-state index contributed by atoms with van der Waals surface area (Å²) in [7, 11) is 1.87. The molecule has 4 unspecified atom stereocenters. The lowest BCUT2D eigenvalue weighted by atomic mass is 9.89. The highest BCUT2D eigenvalue weighted by Gasteiger charge is 2.31. The molecule has 1 saturated carbocycles. The summed E-state index contributed by atoms with van der Waals surface area (Å²) >= 11 is 0. The molecular weight excluding hydrogens is 224 g/mol. The number of hydrogen-bond donors (Lipinski definition) is 1. The highest BCUT2D eigenvalue weighted by molar-refractivity contribution is 4.88. The maximum absolute atomic E-state index is 5.57. The van der Waals surface area contributed by atoms with Crippen molar-refractivity contribution >= 4 is 0 Å². The Bertz CT molecular complexity index is 245. The van der Waals surface area contributed by atoms with E-state index < -0.39 is 0 Å². The van der Waals surface area contributed by atoms with Gasteiger partial charge in [0.05, 0.1) is 6.10 Å². The molecule has 1 saturated heterocycles. The fourth-order valence-electron chi connectivity index (χ4n) is 3.47. The molecule has 106 valence electrons. The standard InChI is InChI=1S/C15H30N2O/c1-4-12(2)15-11-17(9-8-16-15)13-6-5-7-14(10-13)18-3/h12-16H,4-11H2,1-3H3. The van der Waals surface area contributed by atoms with Gasteiger partial charge in [-0.25, -0.2) is 0 Å². The van der Waals surface area contributed by atoms with Crippen LogP contribution in [0.1, 0.15) is 46.0 Å². The molecule has 0 aromatic heterocycles. The van der Waals surface area contributed by atoms with E-state index in [1.54, 1.807) is 0 Å². The Balaban J connectivity index is 1.87. The Morgan fingerprint density at radius 3 is 2.94 bits per heavy atom. The Labute approximate surface area is 112 Å². The van der Waals surface area contributed by atoms with Crippen molar-refractivity contribution in [2.45, 2.75) is 64.1 Å². The zero-order valence-electron chi connectivity index (χ0n) is 12.3. The molecule has 1 aliphatic carbocycles. The smallest absolute Gasteiger partial charge is 0.0586 e. The molecule has 1 aliphatic heterocycles. The second-order valence-electron chi connectivity index (χ2n) is 6.12. The van der Waals surface area contributed by atoms with Gasteiger partial charge in [0.25, 0.3) is 0 Å². The summed E-state index contributed by atoms with van der Waals surface area (Å²) < 4.78 is 5.57. The fourth-order valence-corrected chi connectivity index (χ4v) is 3.47. The van der Waals surface area contributed by atoms with Gasteiger partial charge < -0.3 is 10.1 Å². The van der Waals surface area contributed by atoms with Gasteiger partial charge in [-0.1, -0.05) is 20.3 Å². The van der Waals surface area contributed by atoms with Gasteiger partial charge in [-0.2, -0.15) is 0 Å². The zero-order valence-corrected chi connectivity index (χ0v) is 12.3. The number of nitrogens with zero attached hydrogens (tertiary/aromatic N) is 1. The lowest BCUT2D eigenvalue weighted by Gasteiger charge is -2.43. The van der Waals surface area contributed by atoms with E-state index in [4.69, 9.17) is 4.74 Å². The van der Waals surface area contributed by atoms with Crippen LogP contribution >= 0.6 is 0 Å². The van der Waals surface area contributed by atoms with Gasteiger partial charge in [0, 0.05) is 38.8 Å². The van der Waals surface area contributed by atoms with Crippen molar-refractivity contribution in [3.63, 3.8) is 0 Å². The largest absolute Gasteiger partial charge is 0.381 e.